The highest BCUT2D eigenvalue weighted by atomic mass is 19.1. The number of aromatic nitrogens is 2. The van der Waals surface area contributed by atoms with E-state index in [4.69, 9.17) is 0 Å². The maximum Gasteiger partial charge on any atom is 0.295 e. The van der Waals surface area contributed by atoms with Crippen LogP contribution in [0.4, 0.5) is 15.8 Å². The van der Waals surface area contributed by atoms with E-state index in [2.05, 4.69) is 4.98 Å². The molecule has 0 aliphatic rings. The molecule has 0 radical (unpaired) electrons. The fourth-order valence-corrected chi connectivity index (χ4v) is 2.20. The number of aryl methyl sites for hydroxylation is 2. The topological polar surface area (TPSA) is 64.2 Å². The van der Waals surface area contributed by atoms with Gasteiger partial charge in [0.05, 0.1) is 11.0 Å². The minimum atomic E-state index is -0.604. The van der Waals surface area contributed by atoms with Crippen molar-refractivity contribution in [3.8, 4) is 0 Å². The van der Waals surface area contributed by atoms with Gasteiger partial charge in [0, 0.05) is 32.5 Å². The lowest BCUT2D eigenvalue weighted by Crippen LogP contribution is -2.21. The van der Waals surface area contributed by atoms with E-state index in [1.165, 1.54) is 12.1 Å². The van der Waals surface area contributed by atoms with Gasteiger partial charge in [-0.05, 0) is 25.5 Å². The summed E-state index contributed by atoms with van der Waals surface area (Å²) in [4.78, 5) is 16.3. The highest BCUT2D eigenvalue weighted by molar-refractivity contribution is 5.62. The summed E-state index contributed by atoms with van der Waals surface area (Å²) in [6.07, 6.45) is 4.45. The van der Waals surface area contributed by atoms with Crippen LogP contribution in [0.5, 0.6) is 0 Å². The van der Waals surface area contributed by atoms with Crippen molar-refractivity contribution in [2.45, 2.75) is 19.9 Å². The van der Waals surface area contributed by atoms with E-state index in [1.54, 1.807) is 18.1 Å². The standard InChI is InChI=1S/C14H17FN4O2/c1-11-16-6-9-18(11)8-3-7-17(2)13-5-4-12(15)10-14(13)19(20)21/h4-6,9-10H,3,7-8H2,1-2H3. The van der Waals surface area contributed by atoms with Gasteiger partial charge in [-0.15, -0.1) is 0 Å². The largest absolute Gasteiger partial charge is 0.369 e. The minimum Gasteiger partial charge on any atom is -0.369 e. The van der Waals surface area contributed by atoms with E-state index < -0.39 is 10.7 Å². The van der Waals surface area contributed by atoms with E-state index in [1.807, 2.05) is 17.7 Å². The first kappa shape index (κ1) is 15.0. The van der Waals surface area contributed by atoms with Gasteiger partial charge in [0.2, 0.25) is 0 Å². The van der Waals surface area contributed by atoms with Gasteiger partial charge in [-0.3, -0.25) is 10.1 Å². The number of anilines is 1. The van der Waals surface area contributed by atoms with Crippen molar-refractivity contribution in [3.05, 3.63) is 52.3 Å². The molecule has 2 aromatic rings. The van der Waals surface area contributed by atoms with E-state index in [0.29, 0.717) is 12.2 Å². The molecule has 0 N–H and O–H groups in total. The third kappa shape index (κ3) is 3.56. The Balaban J connectivity index is 2.02. The molecule has 0 saturated carbocycles. The maximum absolute atomic E-state index is 13.1. The van der Waals surface area contributed by atoms with Crippen LogP contribution in [-0.4, -0.2) is 28.1 Å². The van der Waals surface area contributed by atoms with Crippen LogP contribution in [0.1, 0.15) is 12.2 Å². The van der Waals surface area contributed by atoms with Gasteiger partial charge in [0.1, 0.15) is 17.3 Å². The maximum atomic E-state index is 13.1. The summed E-state index contributed by atoms with van der Waals surface area (Å²) >= 11 is 0. The van der Waals surface area contributed by atoms with Crippen LogP contribution < -0.4 is 4.90 Å². The number of hydrogen-bond donors (Lipinski definition) is 0. The lowest BCUT2D eigenvalue weighted by atomic mass is 10.2. The number of rotatable bonds is 6. The van der Waals surface area contributed by atoms with E-state index in [0.717, 1.165) is 24.9 Å². The molecule has 112 valence electrons. The first-order chi connectivity index (χ1) is 9.99. The fraction of sp³-hybridized carbons (Fsp3) is 0.357. The molecule has 1 heterocycles. The highest BCUT2D eigenvalue weighted by Gasteiger charge is 2.17. The fourth-order valence-electron chi connectivity index (χ4n) is 2.20. The second-order valence-corrected chi connectivity index (χ2v) is 4.83. The molecule has 21 heavy (non-hydrogen) atoms. The molecule has 0 fully saturated rings. The summed E-state index contributed by atoms with van der Waals surface area (Å²) in [7, 11) is 1.76. The van der Waals surface area contributed by atoms with Gasteiger partial charge in [-0.25, -0.2) is 9.37 Å². The van der Waals surface area contributed by atoms with Crippen molar-refractivity contribution < 1.29 is 9.31 Å². The molecule has 0 amide bonds. The third-order valence-corrected chi connectivity index (χ3v) is 3.36. The average Bonchev–Trinajstić information content (AvgIpc) is 2.84. The summed E-state index contributed by atoms with van der Waals surface area (Å²) in [6.45, 7) is 3.34. The van der Waals surface area contributed by atoms with Crippen molar-refractivity contribution in [2.24, 2.45) is 0 Å². The molecule has 0 unspecified atom stereocenters. The number of hydrogen-bond acceptors (Lipinski definition) is 4. The van der Waals surface area contributed by atoms with Crippen LogP contribution >= 0.6 is 0 Å². The molecule has 6 nitrogen and oxygen atoms in total. The van der Waals surface area contributed by atoms with Crippen molar-refractivity contribution in [1.82, 2.24) is 9.55 Å². The van der Waals surface area contributed by atoms with Gasteiger partial charge < -0.3 is 9.47 Å². The van der Waals surface area contributed by atoms with Crippen LogP contribution in [-0.2, 0) is 6.54 Å². The van der Waals surface area contributed by atoms with Gasteiger partial charge in [-0.1, -0.05) is 0 Å². The van der Waals surface area contributed by atoms with Crippen LogP contribution in [0.3, 0.4) is 0 Å². The van der Waals surface area contributed by atoms with E-state index in [9.17, 15) is 14.5 Å². The Morgan fingerprint density at radius 2 is 2.24 bits per heavy atom. The molecular weight excluding hydrogens is 275 g/mol. The minimum absolute atomic E-state index is 0.212. The Morgan fingerprint density at radius 3 is 2.86 bits per heavy atom. The molecule has 0 spiro atoms. The first-order valence-electron chi connectivity index (χ1n) is 6.62. The van der Waals surface area contributed by atoms with E-state index in [-0.39, 0.29) is 5.69 Å². The summed E-state index contributed by atoms with van der Waals surface area (Å²) in [5.41, 5.74) is 0.208. The monoisotopic (exact) mass is 292 g/mol. The second kappa shape index (κ2) is 6.34. The Morgan fingerprint density at radius 1 is 1.48 bits per heavy atom. The molecule has 0 bridgehead atoms. The van der Waals surface area contributed by atoms with Crippen molar-refractivity contribution >= 4 is 11.4 Å². The third-order valence-electron chi connectivity index (χ3n) is 3.36. The number of nitro benzene ring substituents is 1. The van der Waals surface area contributed by atoms with Crippen molar-refractivity contribution in [2.75, 3.05) is 18.5 Å². The summed E-state index contributed by atoms with van der Waals surface area (Å²) in [6, 6.07) is 3.63. The first-order valence-corrected chi connectivity index (χ1v) is 6.62. The molecule has 0 aliphatic heterocycles. The van der Waals surface area contributed by atoms with Crippen LogP contribution in [0.15, 0.2) is 30.6 Å². The smallest absolute Gasteiger partial charge is 0.295 e. The number of benzene rings is 1. The van der Waals surface area contributed by atoms with Crippen LogP contribution in [0.2, 0.25) is 0 Å². The Kier molecular flexibility index (Phi) is 4.52. The van der Waals surface area contributed by atoms with Gasteiger partial charge >= 0.3 is 0 Å². The molecule has 7 heteroatoms. The SMILES string of the molecule is Cc1nccn1CCCN(C)c1ccc(F)cc1[N+](=O)[O-]. The zero-order chi connectivity index (χ0) is 15.4. The predicted octanol–water partition coefficient (Wildman–Crippen LogP) is 2.77. The average molecular weight is 292 g/mol. The molecule has 0 aliphatic carbocycles. The van der Waals surface area contributed by atoms with Gasteiger partial charge in [0.15, 0.2) is 0 Å². The Bertz CT molecular complexity index is 642. The van der Waals surface area contributed by atoms with Crippen molar-refractivity contribution in [1.29, 1.82) is 0 Å². The molecule has 0 atom stereocenters. The van der Waals surface area contributed by atoms with E-state index >= 15 is 0 Å². The zero-order valence-corrected chi connectivity index (χ0v) is 12.0. The summed E-state index contributed by atoms with van der Waals surface area (Å²) in [5.74, 6) is 0.332. The molecular formula is C14H17FN4O2. The Labute approximate surface area is 122 Å². The van der Waals surface area contributed by atoms with Gasteiger partial charge in [0.25, 0.3) is 5.69 Å². The number of nitro groups is 1. The number of halogens is 1. The quantitative estimate of drug-likeness (QED) is 0.606. The number of imidazole rings is 1. The molecule has 1 aromatic carbocycles. The van der Waals surface area contributed by atoms with Crippen LogP contribution in [0, 0.1) is 22.9 Å². The normalized spacial score (nSPS) is 10.6. The highest BCUT2D eigenvalue weighted by Crippen LogP contribution is 2.28. The van der Waals surface area contributed by atoms with Crippen molar-refractivity contribution in [3.63, 3.8) is 0 Å². The molecule has 0 saturated heterocycles. The zero-order valence-electron chi connectivity index (χ0n) is 12.0. The Hall–Kier alpha value is -2.44. The predicted molar refractivity (Wildman–Crippen MR) is 77.9 cm³/mol. The lowest BCUT2D eigenvalue weighted by Gasteiger charge is -2.19. The summed E-state index contributed by atoms with van der Waals surface area (Å²) < 4.78 is 15.1. The lowest BCUT2D eigenvalue weighted by molar-refractivity contribution is -0.384. The molecule has 2 rings (SSSR count). The second-order valence-electron chi connectivity index (χ2n) is 4.83. The van der Waals surface area contributed by atoms with Gasteiger partial charge in [-0.2, -0.15) is 0 Å². The summed E-state index contributed by atoms with van der Waals surface area (Å²) in [5, 5.41) is 11.0. The van der Waals surface area contributed by atoms with Crippen LogP contribution in [0.25, 0.3) is 0 Å². The molecule has 1 aromatic heterocycles. The number of nitrogens with zero attached hydrogens (tertiary/aromatic N) is 4.